The molecule has 0 unspecified atom stereocenters. The number of rotatable bonds is 5. The van der Waals surface area contributed by atoms with Crippen LogP contribution in [0.2, 0.25) is 0 Å². The molecule has 6 heteroatoms. The average Bonchev–Trinajstić information content (AvgIpc) is 2.53. The Morgan fingerprint density at radius 2 is 1.41 bits per heavy atom. The van der Waals surface area contributed by atoms with Crippen molar-refractivity contribution in [1.29, 1.82) is 0 Å². The van der Waals surface area contributed by atoms with Crippen LogP contribution >= 0.6 is 0 Å². The summed E-state index contributed by atoms with van der Waals surface area (Å²) in [4.78, 5) is 0. The quantitative estimate of drug-likeness (QED) is 0.248. The minimum atomic E-state index is -2.19. The van der Waals surface area contributed by atoms with Crippen LogP contribution in [0.25, 0.3) is 11.1 Å². The predicted molar refractivity (Wildman–Crippen MR) is 72.0 cm³/mol. The Bertz CT molecular complexity index is 683. The van der Waals surface area contributed by atoms with Crippen molar-refractivity contribution in [3.63, 3.8) is 0 Å². The molecule has 0 heterocycles. The molecule has 22 heavy (non-hydrogen) atoms. The van der Waals surface area contributed by atoms with E-state index in [1.807, 2.05) is 0 Å². The number of halogens is 5. The first-order valence-corrected chi connectivity index (χ1v) is 6.33. The molecule has 0 saturated heterocycles. The van der Waals surface area contributed by atoms with Gasteiger partial charge in [0, 0.05) is 5.56 Å². The van der Waals surface area contributed by atoms with Gasteiger partial charge in [-0.3, -0.25) is 0 Å². The Hall–Kier alpha value is -2.37. The Morgan fingerprint density at radius 1 is 0.864 bits per heavy atom. The third kappa shape index (κ3) is 2.81. The summed E-state index contributed by atoms with van der Waals surface area (Å²) in [6.07, 6.45) is 2.03. The highest BCUT2D eigenvalue weighted by Gasteiger charge is 2.27. The van der Waals surface area contributed by atoms with E-state index in [-0.39, 0.29) is 17.9 Å². The van der Waals surface area contributed by atoms with E-state index in [4.69, 9.17) is 4.74 Å². The van der Waals surface area contributed by atoms with Gasteiger partial charge in [0.1, 0.15) is 5.75 Å². The molecule has 2 rings (SSSR count). The van der Waals surface area contributed by atoms with E-state index in [1.165, 1.54) is 24.3 Å². The van der Waals surface area contributed by atoms with Crippen LogP contribution in [0, 0.1) is 29.1 Å². The lowest BCUT2D eigenvalue weighted by atomic mass is 10.0. The third-order valence-electron chi connectivity index (χ3n) is 2.95. The van der Waals surface area contributed by atoms with Gasteiger partial charge < -0.3 is 4.74 Å². The SMILES string of the molecule is C=CCCOc1ccccc1-c1c(F)c(F)c(F)c(F)c1F. The van der Waals surface area contributed by atoms with Gasteiger partial charge >= 0.3 is 0 Å². The number of benzene rings is 2. The van der Waals surface area contributed by atoms with Crippen LogP contribution in [-0.4, -0.2) is 6.61 Å². The Labute approximate surface area is 123 Å². The van der Waals surface area contributed by atoms with Crippen LogP contribution in [0.1, 0.15) is 6.42 Å². The number of para-hydroxylation sites is 1. The molecule has 0 N–H and O–H groups in total. The monoisotopic (exact) mass is 314 g/mol. The van der Waals surface area contributed by atoms with Gasteiger partial charge in [-0.25, -0.2) is 22.0 Å². The summed E-state index contributed by atoms with van der Waals surface area (Å²) in [5, 5.41) is 0. The lowest BCUT2D eigenvalue weighted by Crippen LogP contribution is -2.05. The molecule has 0 aliphatic carbocycles. The van der Waals surface area contributed by atoms with Crippen molar-refractivity contribution in [3.8, 4) is 16.9 Å². The first-order chi connectivity index (χ1) is 10.5. The molecule has 0 amide bonds. The Balaban J connectivity index is 2.60. The summed E-state index contributed by atoms with van der Waals surface area (Å²) in [6, 6.07) is 5.55. The Morgan fingerprint density at radius 3 is 2.00 bits per heavy atom. The number of hydrogen-bond acceptors (Lipinski definition) is 1. The molecule has 0 bridgehead atoms. The summed E-state index contributed by atoms with van der Waals surface area (Å²) < 4.78 is 72.8. The van der Waals surface area contributed by atoms with E-state index in [0.29, 0.717) is 6.42 Å². The normalized spacial score (nSPS) is 10.6. The molecular formula is C16H11F5O. The fourth-order valence-electron chi connectivity index (χ4n) is 1.89. The zero-order valence-corrected chi connectivity index (χ0v) is 11.3. The van der Waals surface area contributed by atoms with E-state index < -0.39 is 34.6 Å². The second kappa shape index (κ2) is 6.60. The lowest BCUT2D eigenvalue weighted by Gasteiger charge is -2.13. The molecule has 0 aliphatic rings. The highest BCUT2D eigenvalue weighted by atomic mass is 19.2. The van der Waals surface area contributed by atoms with Crippen molar-refractivity contribution in [2.75, 3.05) is 6.61 Å². The van der Waals surface area contributed by atoms with E-state index in [2.05, 4.69) is 6.58 Å². The minimum Gasteiger partial charge on any atom is -0.493 e. The fraction of sp³-hybridized carbons (Fsp3) is 0.125. The molecule has 0 fully saturated rings. The fourth-order valence-corrected chi connectivity index (χ4v) is 1.89. The van der Waals surface area contributed by atoms with Crippen LogP contribution in [-0.2, 0) is 0 Å². The molecule has 0 saturated carbocycles. The number of hydrogen-bond donors (Lipinski definition) is 0. The minimum absolute atomic E-state index is 0.0209. The number of ether oxygens (including phenoxy) is 1. The van der Waals surface area contributed by atoms with Crippen molar-refractivity contribution in [2.24, 2.45) is 0 Å². The van der Waals surface area contributed by atoms with E-state index >= 15 is 0 Å². The van der Waals surface area contributed by atoms with Gasteiger partial charge in [0.15, 0.2) is 23.3 Å². The van der Waals surface area contributed by atoms with Crippen molar-refractivity contribution in [2.45, 2.75) is 6.42 Å². The summed E-state index contributed by atoms with van der Waals surface area (Å²) in [5.41, 5.74) is -1.22. The van der Waals surface area contributed by atoms with Crippen molar-refractivity contribution in [3.05, 3.63) is 66.0 Å². The van der Waals surface area contributed by atoms with Crippen LogP contribution in [0.5, 0.6) is 5.75 Å². The molecule has 2 aromatic carbocycles. The molecular weight excluding hydrogens is 303 g/mol. The zero-order chi connectivity index (χ0) is 16.3. The predicted octanol–water partition coefficient (Wildman–Crippen LogP) is 5.00. The third-order valence-corrected chi connectivity index (χ3v) is 2.95. The maximum atomic E-state index is 13.9. The summed E-state index contributed by atoms with van der Waals surface area (Å²) in [5.74, 6) is -9.94. The summed E-state index contributed by atoms with van der Waals surface area (Å²) >= 11 is 0. The summed E-state index contributed by atoms with van der Waals surface area (Å²) in [7, 11) is 0. The van der Waals surface area contributed by atoms with Gasteiger partial charge in [-0.05, 0) is 12.5 Å². The molecule has 1 nitrogen and oxygen atoms in total. The Kier molecular flexibility index (Phi) is 4.80. The molecule has 0 aromatic heterocycles. The van der Waals surface area contributed by atoms with Gasteiger partial charge in [0.25, 0.3) is 0 Å². The molecule has 0 spiro atoms. The van der Waals surface area contributed by atoms with Gasteiger partial charge in [-0.1, -0.05) is 24.3 Å². The molecule has 0 atom stereocenters. The maximum Gasteiger partial charge on any atom is 0.200 e. The van der Waals surface area contributed by atoms with Crippen LogP contribution in [0.4, 0.5) is 22.0 Å². The highest BCUT2D eigenvalue weighted by Crippen LogP contribution is 2.36. The zero-order valence-electron chi connectivity index (χ0n) is 11.3. The van der Waals surface area contributed by atoms with E-state index in [9.17, 15) is 22.0 Å². The van der Waals surface area contributed by atoms with Crippen molar-refractivity contribution >= 4 is 0 Å². The standard InChI is InChI=1S/C16H11F5O/c1-2-3-8-22-10-7-5-4-6-9(10)11-12(17)14(19)16(21)15(20)13(11)18/h2,4-7H,1,3,8H2. The van der Waals surface area contributed by atoms with Crippen LogP contribution in [0.15, 0.2) is 36.9 Å². The molecule has 0 aliphatic heterocycles. The second-order valence-electron chi connectivity index (χ2n) is 4.37. The maximum absolute atomic E-state index is 13.9. The van der Waals surface area contributed by atoms with Crippen molar-refractivity contribution in [1.82, 2.24) is 0 Å². The van der Waals surface area contributed by atoms with Crippen molar-refractivity contribution < 1.29 is 26.7 Å². The van der Waals surface area contributed by atoms with Crippen LogP contribution < -0.4 is 4.74 Å². The van der Waals surface area contributed by atoms with Gasteiger partial charge in [-0.2, -0.15) is 0 Å². The molecule has 116 valence electrons. The lowest BCUT2D eigenvalue weighted by molar-refractivity contribution is 0.325. The van der Waals surface area contributed by atoms with E-state index in [0.717, 1.165) is 0 Å². The summed E-state index contributed by atoms with van der Waals surface area (Å²) in [6.45, 7) is 3.66. The first-order valence-electron chi connectivity index (χ1n) is 6.33. The molecule has 2 aromatic rings. The van der Waals surface area contributed by atoms with Gasteiger partial charge in [0.05, 0.1) is 12.2 Å². The largest absolute Gasteiger partial charge is 0.493 e. The molecule has 0 radical (unpaired) electrons. The van der Waals surface area contributed by atoms with E-state index in [1.54, 1.807) is 6.08 Å². The topological polar surface area (TPSA) is 9.23 Å². The van der Waals surface area contributed by atoms with Gasteiger partial charge in [0.2, 0.25) is 5.82 Å². The smallest absolute Gasteiger partial charge is 0.200 e. The second-order valence-corrected chi connectivity index (χ2v) is 4.37. The highest BCUT2D eigenvalue weighted by molar-refractivity contribution is 5.71. The average molecular weight is 314 g/mol. The van der Waals surface area contributed by atoms with Gasteiger partial charge in [-0.15, -0.1) is 6.58 Å². The van der Waals surface area contributed by atoms with Crippen LogP contribution in [0.3, 0.4) is 0 Å². The first kappa shape index (κ1) is 16.0.